The number of aliphatic hydroxyl groups excluding tert-OH is 1. The van der Waals surface area contributed by atoms with Crippen LogP contribution in [-0.4, -0.2) is 40.6 Å². The summed E-state index contributed by atoms with van der Waals surface area (Å²) >= 11 is 0. The van der Waals surface area contributed by atoms with Crippen LogP contribution < -0.4 is 0 Å². The van der Waals surface area contributed by atoms with Crippen LogP contribution in [0.2, 0.25) is 0 Å². The number of amides is 1. The Morgan fingerprint density at radius 2 is 2.50 bits per heavy atom. The number of hydrogen-bond acceptors (Lipinski definition) is 3. The molecule has 1 saturated heterocycles. The van der Waals surface area contributed by atoms with Crippen LogP contribution in [0.15, 0.2) is 24.5 Å². The fourth-order valence-electron chi connectivity index (χ4n) is 2.46. The third-order valence-corrected chi connectivity index (χ3v) is 3.64. The van der Waals surface area contributed by atoms with Crippen molar-refractivity contribution in [2.24, 2.45) is 5.92 Å². The highest BCUT2D eigenvalue weighted by atomic mass is 16.3. The fraction of sp³-hybridized carbons (Fsp3) is 0.571. The van der Waals surface area contributed by atoms with Gasteiger partial charge in [-0.25, -0.2) is 0 Å². The van der Waals surface area contributed by atoms with Crippen LogP contribution in [0, 0.1) is 5.92 Å². The summed E-state index contributed by atoms with van der Waals surface area (Å²) in [6, 6.07) is 3.79. The Labute approximate surface area is 108 Å². The zero-order chi connectivity index (χ0) is 13.0. The van der Waals surface area contributed by atoms with E-state index in [0.717, 1.165) is 24.9 Å². The van der Waals surface area contributed by atoms with E-state index in [0.29, 0.717) is 6.54 Å². The van der Waals surface area contributed by atoms with Crippen LogP contribution in [0.4, 0.5) is 0 Å². The molecule has 0 aliphatic carbocycles. The molecule has 0 bridgehead atoms. The molecule has 18 heavy (non-hydrogen) atoms. The normalized spacial score (nSPS) is 21.7. The molecule has 1 aliphatic rings. The summed E-state index contributed by atoms with van der Waals surface area (Å²) in [5.41, 5.74) is 0.952. The van der Waals surface area contributed by atoms with Crippen LogP contribution in [0.5, 0.6) is 0 Å². The van der Waals surface area contributed by atoms with Gasteiger partial charge in [-0.2, -0.15) is 0 Å². The molecule has 0 saturated carbocycles. The van der Waals surface area contributed by atoms with Crippen molar-refractivity contribution in [2.45, 2.75) is 25.7 Å². The number of likely N-dealkylation sites (tertiary alicyclic amines) is 1. The molecule has 1 aliphatic heterocycles. The first-order chi connectivity index (χ1) is 8.72. The number of hydrogen-bond donors (Lipinski definition) is 1. The van der Waals surface area contributed by atoms with Crippen molar-refractivity contribution < 1.29 is 9.90 Å². The first-order valence-corrected chi connectivity index (χ1v) is 6.52. The second kappa shape index (κ2) is 5.96. The van der Waals surface area contributed by atoms with Gasteiger partial charge in [0.1, 0.15) is 0 Å². The van der Waals surface area contributed by atoms with Crippen LogP contribution in [-0.2, 0) is 4.79 Å². The second-order valence-corrected chi connectivity index (χ2v) is 4.98. The second-order valence-electron chi connectivity index (χ2n) is 4.98. The van der Waals surface area contributed by atoms with Gasteiger partial charge in [0.05, 0.1) is 5.92 Å². The minimum Gasteiger partial charge on any atom is -0.396 e. The van der Waals surface area contributed by atoms with E-state index in [1.165, 1.54) is 0 Å². The lowest BCUT2D eigenvalue weighted by Crippen LogP contribution is -2.42. The lowest BCUT2D eigenvalue weighted by Gasteiger charge is -2.33. The van der Waals surface area contributed by atoms with E-state index < -0.39 is 0 Å². The van der Waals surface area contributed by atoms with E-state index in [4.69, 9.17) is 0 Å². The van der Waals surface area contributed by atoms with Gasteiger partial charge in [-0.3, -0.25) is 9.78 Å². The number of aliphatic hydroxyl groups is 1. The third-order valence-electron chi connectivity index (χ3n) is 3.64. The number of carbonyl (C=O) groups is 1. The first-order valence-electron chi connectivity index (χ1n) is 6.52. The largest absolute Gasteiger partial charge is 0.396 e. The number of piperidine rings is 1. The first kappa shape index (κ1) is 13.0. The van der Waals surface area contributed by atoms with E-state index in [-0.39, 0.29) is 24.3 Å². The molecule has 1 N–H and O–H groups in total. The average molecular weight is 248 g/mol. The van der Waals surface area contributed by atoms with Crippen LogP contribution in [0.1, 0.15) is 31.2 Å². The number of rotatable bonds is 3. The monoisotopic (exact) mass is 248 g/mol. The Morgan fingerprint density at radius 1 is 1.67 bits per heavy atom. The van der Waals surface area contributed by atoms with E-state index in [1.54, 1.807) is 12.4 Å². The summed E-state index contributed by atoms with van der Waals surface area (Å²) in [6.45, 7) is 3.58. The SMILES string of the molecule is CC(C(=O)N1CCCC(CO)C1)c1cccnc1. The maximum Gasteiger partial charge on any atom is 0.229 e. The van der Waals surface area contributed by atoms with Gasteiger partial charge in [0.2, 0.25) is 5.91 Å². The van der Waals surface area contributed by atoms with Gasteiger partial charge < -0.3 is 10.0 Å². The maximum atomic E-state index is 12.4. The van der Waals surface area contributed by atoms with E-state index in [2.05, 4.69) is 4.98 Å². The van der Waals surface area contributed by atoms with E-state index >= 15 is 0 Å². The fourth-order valence-corrected chi connectivity index (χ4v) is 2.46. The highest BCUT2D eigenvalue weighted by molar-refractivity contribution is 5.83. The van der Waals surface area contributed by atoms with Gasteiger partial charge in [0.15, 0.2) is 0 Å². The molecular formula is C14H20N2O2. The smallest absolute Gasteiger partial charge is 0.229 e. The molecule has 0 spiro atoms. The number of nitrogens with zero attached hydrogens (tertiary/aromatic N) is 2. The Hall–Kier alpha value is -1.42. The molecule has 0 aromatic carbocycles. The van der Waals surface area contributed by atoms with Gasteiger partial charge in [0.25, 0.3) is 0 Å². The molecule has 1 amide bonds. The standard InChI is InChI=1S/C14H20N2O2/c1-11(13-5-2-6-15-8-13)14(18)16-7-3-4-12(9-16)10-17/h2,5-6,8,11-12,17H,3-4,7,9-10H2,1H3. The Kier molecular flexibility index (Phi) is 4.31. The van der Waals surface area contributed by atoms with E-state index in [9.17, 15) is 9.90 Å². The summed E-state index contributed by atoms with van der Waals surface area (Å²) in [6.07, 6.45) is 5.46. The third kappa shape index (κ3) is 2.88. The number of carbonyl (C=O) groups excluding carboxylic acids is 1. The van der Waals surface area contributed by atoms with Crippen LogP contribution in [0.3, 0.4) is 0 Å². The molecule has 2 atom stereocenters. The lowest BCUT2D eigenvalue weighted by atomic mass is 9.96. The molecule has 2 unspecified atom stereocenters. The van der Waals surface area contributed by atoms with Crippen molar-refractivity contribution in [3.8, 4) is 0 Å². The molecule has 98 valence electrons. The molecular weight excluding hydrogens is 228 g/mol. The molecule has 1 fully saturated rings. The predicted molar refractivity (Wildman–Crippen MR) is 69.0 cm³/mol. The van der Waals surface area contributed by atoms with Gasteiger partial charge in [-0.1, -0.05) is 6.07 Å². The minimum absolute atomic E-state index is 0.140. The van der Waals surface area contributed by atoms with Gasteiger partial charge in [-0.15, -0.1) is 0 Å². The molecule has 1 aromatic rings. The molecule has 1 aromatic heterocycles. The summed E-state index contributed by atoms with van der Waals surface area (Å²) in [4.78, 5) is 18.3. The Balaban J connectivity index is 2.02. The van der Waals surface area contributed by atoms with Crippen molar-refractivity contribution in [2.75, 3.05) is 19.7 Å². The highest BCUT2D eigenvalue weighted by Crippen LogP contribution is 2.22. The van der Waals surface area contributed by atoms with Crippen LogP contribution >= 0.6 is 0 Å². The van der Waals surface area contributed by atoms with Gasteiger partial charge >= 0.3 is 0 Å². The minimum atomic E-state index is -0.156. The Morgan fingerprint density at radius 3 is 3.17 bits per heavy atom. The van der Waals surface area contributed by atoms with Gasteiger partial charge in [-0.05, 0) is 37.3 Å². The van der Waals surface area contributed by atoms with Crippen molar-refractivity contribution >= 4 is 5.91 Å². The maximum absolute atomic E-state index is 12.4. The lowest BCUT2D eigenvalue weighted by molar-refractivity contribution is -0.134. The molecule has 2 rings (SSSR count). The van der Waals surface area contributed by atoms with Crippen LogP contribution in [0.25, 0.3) is 0 Å². The highest BCUT2D eigenvalue weighted by Gasteiger charge is 2.27. The quantitative estimate of drug-likeness (QED) is 0.880. The molecule has 0 radical (unpaired) electrons. The summed E-state index contributed by atoms with van der Waals surface area (Å²) < 4.78 is 0. The molecule has 4 nitrogen and oxygen atoms in total. The summed E-state index contributed by atoms with van der Waals surface area (Å²) in [5.74, 6) is 0.223. The van der Waals surface area contributed by atoms with Crippen molar-refractivity contribution in [1.29, 1.82) is 0 Å². The summed E-state index contributed by atoms with van der Waals surface area (Å²) in [5, 5.41) is 9.20. The average Bonchev–Trinajstić information content (AvgIpc) is 2.46. The molecule has 2 heterocycles. The van der Waals surface area contributed by atoms with E-state index in [1.807, 2.05) is 24.0 Å². The zero-order valence-corrected chi connectivity index (χ0v) is 10.7. The number of pyridine rings is 1. The van der Waals surface area contributed by atoms with Gasteiger partial charge in [0, 0.05) is 32.1 Å². The Bertz CT molecular complexity index is 394. The molecule has 4 heteroatoms. The topological polar surface area (TPSA) is 53.4 Å². The zero-order valence-electron chi connectivity index (χ0n) is 10.7. The summed E-state index contributed by atoms with van der Waals surface area (Å²) in [7, 11) is 0. The predicted octanol–water partition coefficient (Wildman–Crippen LogP) is 1.42. The van der Waals surface area contributed by atoms with Crippen molar-refractivity contribution in [3.05, 3.63) is 30.1 Å². The van der Waals surface area contributed by atoms with Crippen molar-refractivity contribution in [3.63, 3.8) is 0 Å². The van der Waals surface area contributed by atoms with Crippen molar-refractivity contribution in [1.82, 2.24) is 9.88 Å². The number of aromatic nitrogens is 1.